The van der Waals surface area contributed by atoms with E-state index >= 15 is 0 Å². The number of carbonyl (C=O) groups excluding carboxylic acids is 2. The minimum atomic E-state index is -4.59. The Morgan fingerprint density at radius 2 is 1.72 bits per heavy atom. The summed E-state index contributed by atoms with van der Waals surface area (Å²) in [6.45, 7) is 1.25. The van der Waals surface area contributed by atoms with E-state index in [0.717, 1.165) is 29.8 Å². The lowest BCUT2D eigenvalue weighted by molar-refractivity contribution is -0.137. The van der Waals surface area contributed by atoms with Crippen LogP contribution in [0, 0.1) is 10.5 Å². The van der Waals surface area contributed by atoms with E-state index < -0.39 is 41.8 Å². The summed E-state index contributed by atoms with van der Waals surface area (Å²) in [7, 11) is 1.41. The molecule has 3 aromatic carbocycles. The van der Waals surface area contributed by atoms with Crippen LogP contribution in [0.4, 0.5) is 13.2 Å². The second kappa shape index (κ2) is 15.3. The number of nitrogens with zero attached hydrogens (tertiary/aromatic N) is 1. The second-order valence-corrected chi connectivity index (χ2v) is 11.9. The number of benzene rings is 3. The van der Waals surface area contributed by atoms with E-state index in [0.29, 0.717) is 14.7 Å². The largest absolute Gasteiger partial charge is 0.493 e. The van der Waals surface area contributed by atoms with Crippen LogP contribution in [0.5, 0.6) is 11.5 Å². The van der Waals surface area contributed by atoms with Gasteiger partial charge >= 0.3 is 6.18 Å². The first-order valence-corrected chi connectivity index (χ1v) is 15.4. The molecule has 0 bridgehead atoms. The number of nitrogens with one attached hydrogen (secondary N) is 1. The van der Waals surface area contributed by atoms with Crippen molar-refractivity contribution < 1.29 is 47.6 Å². The minimum absolute atomic E-state index is 0.0355. The van der Waals surface area contributed by atoms with Crippen LogP contribution in [0.3, 0.4) is 0 Å². The van der Waals surface area contributed by atoms with E-state index in [1.54, 1.807) is 24.3 Å². The molecule has 0 fully saturated rings. The molecular weight excluding hydrogens is 720 g/mol. The first-order valence-electron chi connectivity index (χ1n) is 14.3. The Labute approximate surface area is 277 Å². The number of hydrogen-bond acceptors (Lipinski definition) is 7. The number of aryl methyl sites for hydroxylation is 1. The van der Waals surface area contributed by atoms with Crippen molar-refractivity contribution in [3.8, 4) is 11.5 Å². The highest BCUT2D eigenvalue weighted by Crippen LogP contribution is 2.38. The highest BCUT2D eigenvalue weighted by atomic mass is 127. The summed E-state index contributed by atoms with van der Waals surface area (Å²) >= 11 is 1.99. The lowest BCUT2D eigenvalue weighted by atomic mass is 9.87. The molecule has 1 aliphatic rings. The third kappa shape index (κ3) is 8.37. The van der Waals surface area contributed by atoms with Gasteiger partial charge in [0.1, 0.15) is 12.2 Å². The zero-order chi connectivity index (χ0) is 33.6. The smallest absolute Gasteiger partial charge is 0.416 e. The normalized spacial score (nSPS) is 18.0. The van der Waals surface area contributed by atoms with Gasteiger partial charge in [-0.15, -0.1) is 0 Å². The number of hydrogen-bond donors (Lipinski definition) is 4. The predicted molar refractivity (Wildman–Crippen MR) is 171 cm³/mol. The van der Waals surface area contributed by atoms with Crippen molar-refractivity contribution in [2.45, 2.75) is 50.9 Å². The van der Waals surface area contributed by atoms with Gasteiger partial charge < -0.3 is 35.0 Å². The van der Waals surface area contributed by atoms with Gasteiger partial charge in [-0.05, 0) is 83.1 Å². The van der Waals surface area contributed by atoms with Gasteiger partial charge in [0.05, 0.1) is 35.5 Å². The van der Waals surface area contributed by atoms with Gasteiger partial charge in [0, 0.05) is 30.6 Å². The Balaban J connectivity index is 1.78. The molecule has 0 radical (unpaired) electrons. The molecular formula is C33H34F3IN2O7. The molecule has 0 aromatic heterocycles. The molecule has 1 aliphatic carbocycles. The lowest BCUT2D eigenvalue weighted by Crippen LogP contribution is -2.54. The van der Waals surface area contributed by atoms with Gasteiger partial charge in [-0.2, -0.15) is 13.2 Å². The zero-order valence-electron chi connectivity index (χ0n) is 25.1. The number of carbonyl (C=O) groups is 2. The summed E-state index contributed by atoms with van der Waals surface area (Å²) < 4.78 is 52.1. The fourth-order valence-corrected chi connectivity index (χ4v) is 5.88. The molecule has 246 valence electrons. The van der Waals surface area contributed by atoms with E-state index in [2.05, 4.69) is 5.32 Å². The monoisotopic (exact) mass is 754 g/mol. The Morgan fingerprint density at radius 3 is 2.30 bits per heavy atom. The van der Waals surface area contributed by atoms with Crippen LogP contribution in [0.15, 0.2) is 72.3 Å². The summed E-state index contributed by atoms with van der Waals surface area (Å²) in [6, 6.07) is 13.3. The maximum Gasteiger partial charge on any atom is 0.416 e. The maximum absolute atomic E-state index is 14.1. The Bertz CT molecular complexity index is 1560. The molecule has 4 N–H and O–H groups in total. The van der Waals surface area contributed by atoms with E-state index in [1.165, 1.54) is 18.1 Å². The van der Waals surface area contributed by atoms with Crippen molar-refractivity contribution in [3.63, 3.8) is 0 Å². The minimum Gasteiger partial charge on any atom is -0.493 e. The summed E-state index contributed by atoms with van der Waals surface area (Å²) in [5.41, 5.74) is 1.43. The number of methoxy groups -OCH3 is 1. The summed E-state index contributed by atoms with van der Waals surface area (Å²) in [5, 5.41) is 33.3. The number of aliphatic hydroxyl groups is 3. The van der Waals surface area contributed by atoms with Gasteiger partial charge in [0.15, 0.2) is 11.5 Å². The van der Waals surface area contributed by atoms with Gasteiger partial charge in [0.2, 0.25) is 5.91 Å². The van der Waals surface area contributed by atoms with Crippen LogP contribution in [-0.4, -0.2) is 70.5 Å². The van der Waals surface area contributed by atoms with Crippen molar-refractivity contribution in [2.75, 3.05) is 20.3 Å². The number of ether oxygens (including phenoxy) is 2. The molecule has 0 aliphatic heterocycles. The lowest BCUT2D eigenvalue weighted by Gasteiger charge is -2.40. The molecule has 2 amide bonds. The van der Waals surface area contributed by atoms with E-state index in [4.69, 9.17) is 9.47 Å². The Morgan fingerprint density at radius 1 is 1.04 bits per heavy atom. The van der Waals surface area contributed by atoms with E-state index in [-0.39, 0.29) is 55.4 Å². The second-order valence-electron chi connectivity index (χ2n) is 10.8. The average Bonchev–Trinajstić information content (AvgIpc) is 3.04. The van der Waals surface area contributed by atoms with Crippen molar-refractivity contribution >= 4 is 34.4 Å². The fraction of sp³-hybridized carbons (Fsp3) is 0.333. The van der Waals surface area contributed by atoms with Crippen LogP contribution in [-0.2, 0) is 24.1 Å². The first-order chi connectivity index (χ1) is 21.9. The quantitative estimate of drug-likeness (QED) is 0.214. The molecule has 3 atom stereocenters. The number of aliphatic hydroxyl groups excluding tert-OH is 3. The van der Waals surface area contributed by atoms with Gasteiger partial charge in [-0.3, -0.25) is 9.59 Å². The average molecular weight is 755 g/mol. The Hall–Kier alpha value is -3.66. The summed E-state index contributed by atoms with van der Waals surface area (Å²) in [5.74, 6) is -0.708. The molecule has 3 unspecified atom stereocenters. The molecule has 13 heteroatoms. The molecule has 0 saturated carbocycles. The van der Waals surface area contributed by atoms with Crippen molar-refractivity contribution in [1.82, 2.24) is 10.2 Å². The number of amides is 2. The van der Waals surface area contributed by atoms with Crippen LogP contribution in [0.1, 0.15) is 39.0 Å². The van der Waals surface area contributed by atoms with Crippen LogP contribution >= 0.6 is 22.6 Å². The number of alkyl halides is 3. The molecule has 0 spiro atoms. The fourth-order valence-electron chi connectivity index (χ4n) is 5.09. The van der Waals surface area contributed by atoms with Crippen LogP contribution in [0.25, 0.3) is 0 Å². The molecule has 4 rings (SSSR count). The number of rotatable bonds is 11. The van der Waals surface area contributed by atoms with Gasteiger partial charge in [-0.1, -0.05) is 29.8 Å². The van der Waals surface area contributed by atoms with Crippen LogP contribution in [0.2, 0.25) is 0 Å². The standard InChI is InChI=1S/C33H34F3IN2O7/c1-19-3-5-20(6-4-19)17-39(32(44)22-7-9-24(10-8-22)33(34,35)36)26-15-23(31(43)38-11-12-40)16-27(29(26)42)46-30-25(37)13-21(18-41)14-28(30)45-2/h3-10,13-14,16,26-27,29,40-42H,11-12,15,17-18H2,1-2H3,(H,38,43). The summed E-state index contributed by atoms with van der Waals surface area (Å²) in [6.07, 6.45) is -5.86. The van der Waals surface area contributed by atoms with E-state index in [1.807, 2.05) is 41.6 Å². The predicted octanol–water partition coefficient (Wildman–Crippen LogP) is 4.38. The summed E-state index contributed by atoms with van der Waals surface area (Å²) in [4.78, 5) is 28.6. The van der Waals surface area contributed by atoms with E-state index in [9.17, 15) is 38.1 Å². The van der Waals surface area contributed by atoms with Crippen molar-refractivity contribution in [3.05, 3.63) is 104 Å². The Kier molecular flexibility index (Phi) is 11.7. The number of halogens is 4. The highest BCUT2D eigenvalue weighted by Gasteiger charge is 2.41. The first kappa shape index (κ1) is 35.2. The molecule has 0 heterocycles. The maximum atomic E-state index is 14.1. The zero-order valence-corrected chi connectivity index (χ0v) is 27.2. The highest BCUT2D eigenvalue weighted by molar-refractivity contribution is 14.1. The third-order valence-electron chi connectivity index (χ3n) is 7.53. The SMILES string of the molecule is COc1cc(CO)cc(I)c1OC1C=C(C(=O)NCCO)CC(N(Cc2ccc(C)cc2)C(=O)c2ccc(C(F)(F)F)cc2)C1O. The third-order valence-corrected chi connectivity index (χ3v) is 8.34. The molecule has 46 heavy (non-hydrogen) atoms. The molecule has 9 nitrogen and oxygen atoms in total. The van der Waals surface area contributed by atoms with Gasteiger partial charge in [0.25, 0.3) is 5.91 Å². The van der Waals surface area contributed by atoms with Gasteiger partial charge in [-0.25, -0.2) is 0 Å². The van der Waals surface area contributed by atoms with Crippen LogP contribution < -0.4 is 14.8 Å². The molecule has 3 aromatic rings. The van der Waals surface area contributed by atoms with Crippen molar-refractivity contribution in [1.29, 1.82) is 0 Å². The molecule has 0 saturated heterocycles. The topological polar surface area (TPSA) is 129 Å². The van der Waals surface area contributed by atoms with Crippen molar-refractivity contribution in [2.24, 2.45) is 0 Å².